The number of nitrogens with zero attached hydrogens (tertiary/aromatic N) is 4. The van der Waals surface area contributed by atoms with E-state index in [0.717, 1.165) is 59.0 Å². The van der Waals surface area contributed by atoms with E-state index in [4.69, 9.17) is 10.4 Å². The highest BCUT2D eigenvalue weighted by atomic mass is 15.3. The molecular weight excluding hydrogens is 374 g/mol. The number of nitrogens with one attached hydrogen (secondary N) is 3. The topological polar surface area (TPSA) is 84.6 Å². The second-order valence-electron chi connectivity index (χ2n) is 7.98. The molecule has 4 rings (SSSR count). The van der Waals surface area contributed by atoms with Crippen molar-refractivity contribution in [2.45, 2.75) is 27.2 Å². The number of pyridine rings is 1. The maximum Gasteiger partial charge on any atom is 0.175 e. The molecule has 0 amide bonds. The van der Waals surface area contributed by atoms with E-state index in [1.165, 1.54) is 5.57 Å². The lowest BCUT2D eigenvalue weighted by Crippen LogP contribution is -2.21. The summed E-state index contributed by atoms with van der Waals surface area (Å²) in [4.78, 5) is 10.6. The first-order chi connectivity index (χ1) is 14.4. The first kappa shape index (κ1) is 20.1. The highest BCUT2D eigenvalue weighted by Gasteiger charge is 2.26. The fourth-order valence-corrected chi connectivity index (χ4v) is 3.81. The maximum atomic E-state index is 8.87. The van der Waals surface area contributed by atoms with Crippen molar-refractivity contribution in [1.82, 2.24) is 19.5 Å². The smallest absolute Gasteiger partial charge is 0.175 e. The zero-order chi connectivity index (χ0) is 21.4. The molecule has 7 heteroatoms. The van der Waals surface area contributed by atoms with Crippen LogP contribution in [0.15, 0.2) is 35.5 Å². The molecule has 1 aliphatic rings. The Morgan fingerprint density at radius 2 is 2.07 bits per heavy atom. The number of likely N-dealkylation sites (N-methyl/N-ethyl adjacent to an activating group) is 1. The van der Waals surface area contributed by atoms with Crippen molar-refractivity contribution in [3.8, 4) is 0 Å². The minimum absolute atomic E-state index is 0.457. The zero-order valence-electron chi connectivity index (χ0n) is 18.3. The van der Waals surface area contributed by atoms with Gasteiger partial charge in [-0.1, -0.05) is 13.0 Å². The van der Waals surface area contributed by atoms with E-state index in [1.807, 2.05) is 49.1 Å². The first-order valence-electron chi connectivity index (χ1n) is 10.3. The van der Waals surface area contributed by atoms with E-state index in [1.54, 1.807) is 0 Å². The van der Waals surface area contributed by atoms with Crippen LogP contribution in [0.3, 0.4) is 0 Å². The van der Waals surface area contributed by atoms with Gasteiger partial charge < -0.3 is 15.2 Å². The predicted molar refractivity (Wildman–Crippen MR) is 125 cm³/mol. The second-order valence-corrected chi connectivity index (χ2v) is 7.98. The molecule has 0 aliphatic heterocycles. The highest BCUT2D eigenvalue weighted by Crippen LogP contribution is 2.34. The molecule has 0 fully saturated rings. The number of allylic oxidation sites excluding steroid dienone is 2. The van der Waals surface area contributed by atoms with Crippen molar-refractivity contribution < 1.29 is 0 Å². The average molecular weight is 404 g/mol. The van der Waals surface area contributed by atoms with Crippen LogP contribution in [0.25, 0.3) is 11.1 Å². The Bertz CT molecular complexity index is 1170. The van der Waals surface area contributed by atoms with E-state index < -0.39 is 0 Å². The van der Waals surface area contributed by atoms with Crippen molar-refractivity contribution in [2.24, 2.45) is 4.99 Å². The fraction of sp³-hybridized carbons (Fsp3) is 0.348. The number of anilines is 1. The molecular formula is C23H29N7. The van der Waals surface area contributed by atoms with Crippen LogP contribution in [0.2, 0.25) is 0 Å². The molecule has 0 aromatic carbocycles. The number of hydrogen-bond donors (Lipinski definition) is 3. The van der Waals surface area contributed by atoms with E-state index in [-0.39, 0.29) is 0 Å². The zero-order valence-corrected chi connectivity index (χ0v) is 18.3. The van der Waals surface area contributed by atoms with Crippen LogP contribution >= 0.6 is 0 Å². The summed E-state index contributed by atoms with van der Waals surface area (Å²) in [7, 11) is 4.09. The van der Waals surface area contributed by atoms with Gasteiger partial charge in [0.25, 0.3) is 0 Å². The van der Waals surface area contributed by atoms with Gasteiger partial charge in [-0.15, -0.1) is 5.10 Å². The molecule has 0 spiro atoms. The van der Waals surface area contributed by atoms with E-state index in [9.17, 15) is 0 Å². The van der Waals surface area contributed by atoms with Gasteiger partial charge in [0.1, 0.15) is 5.69 Å². The minimum atomic E-state index is 0.457. The van der Waals surface area contributed by atoms with Gasteiger partial charge in [-0.2, -0.15) is 0 Å². The second kappa shape index (κ2) is 7.91. The number of aromatic amines is 1. The Balaban J connectivity index is 1.82. The molecule has 7 nitrogen and oxygen atoms in total. The SMILES string of the molecule is CCC1=C/C(=N\c2c(NCCN(C)C)nn3ccccc23)C(=N)c2c1[nH]c(C)c2C. The lowest BCUT2D eigenvalue weighted by Gasteiger charge is -2.16. The first-order valence-corrected chi connectivity index (χ1v) is 10.3. The summed E-state index contributed by atoms with van der Waals surface area (Å²) >= 11 is 0. The standard InChI is InChI=1S/C23H29N7/c1-6-16-13-17(20(24)19-14(2)15(3)26-21(16)19)27-22-18-9-7-8-11-30(18)28-23(22)25-10-12-29(4)5/h7-9,11,13,24,26H,6,10,12H2,1-5H3,(H,25,28)/b24-20?,27-17+. The fourth-order valence-electron chi connectivity index (χ4n) is 3.81. The molecule has 0 radical (unpaired) electrons. The molecule has 0 saturated heterocycles. The van der Waals surface area contributed by atoms with E-state index in [0.29, 0.717) is 11.4 Å². The van der Waals surface area contributed by atoms with Crippen LogP contribution in [0.4, 0.5) is 11.5 Å². The summed E-state index contributed by atoms with van der Waals surface area (Å²) in [5.41, 5.74) is 8.24. The monoisotopic (exact) mass is 403 g/mol. The van der Waals surface area contributed by atoms with Crippen LogP contribution in [-0.2, 0) is 0 Å². The predicted octanol–water partition coefficient (Wildman–Crippen LogP) is 4.20. The Morgan fingerprint density at radius 1 is 1.27 bits per heavy atom. The van der Waals surface area contributed by atoms with Gasteiger partial charge in [0.2, 0.25) is 0 Å². The van der Waals surface area contributed by atoms with Gasteiger partial charge in [0.15, 0.2) is 5.82 Å². The third kappa shape index (κ3) is 3.45. The molecule has 3 heterocycles. The van der Waals surface area contributed by atoms with E-state index in [2.05, 4.69) is 41.1 Å². The van der Waals surface area contributed by atoms with Gasteiger partial charge in [-0.25, -0.2) is 9.51 Å². The van der Waals surface area contributed by atoms with Crippen molar-refractivity contribution in [3.63, 3.8) is 0 Å². The Morgan fingerprint density at radius 3 is 2.80 bits per heavy atom. The number of hydrogen-bond acceptors (Lipinski definition) is 5. The molecule has 0 atom stereocenters. The minimum Gasteiger partial charge on any atom is -0.365 e. The van der Waals surface area contributed by atoms with Gasteiger partial charge >= 0.3 is 0 Å². The molecule has 156 valence electrons. The molecule has 3 aromatic rings. The molecule has 0 saturated carbocycles. The molecule has 3 N–H and O–H groups in total. The van der Waals surface area contributed by atoms with Crippen LogP contribution in [0, 0.1) is 19.3 Å². The van der Waals surface area contributed by atoms with Crippen LogP contribution in [0.5, 0.6) is 0 Å². The molecule has 30 heavy (non-hydrogen) atoms. The van der Waals surface area contributed by atoms with Crippen molar-refractivity contribution in [1.29, 1.82) is 5.41 Å². The largest absolute Gasteiger partial charge is 0.365 e. The van der Waals surface area contributed by atoms with Gasteiger partial charge in [-0.3, -0.25) is 5.41 Å². The number of rotatable bonds is 6. The lowest BCUT2D eigenvalue weighted by atomic mass is 9.90. The average Bonchev–Trinajstić information content (AvgIpc) is 3.21. The number of aryl methyl sites for hydroxylation is 1. The summed E-state index contributed by atoms with van der Waals surface area (Å²) in [6.45, 7) is 7.92. The highest BCUT2D eigenvalue weighted by molar-refractivity contribution is 6.54. The number of fused-ring (bicyclic) bond motifs is 2. The normalized spacial score (nSPS) is 15.2. The molecule has 1 aliphatic carbocycles. The summed E-state index contributed by atoms with van der Waals surface area (Å²) in [5.74, 6) is 0.738. The van der Waals surface area contributed by atoms with Crippen LogP contribution < -0.4 is 5.32 Å². The third-order valence-corrected chi connectivity index (χ3v) is 5.62. The van der Waals surface area contributed by atoms with Crippen LogP contribution in [0.1, 0.15) is 35.9 Å². The Hall–Kier alpha value is -3.19. The van der Waals surface area contributed by atoms with Crippen molar-refractivity contribution in [2.75, 3.05) is 32.5 Å². The quantitative estimate of drug-likeness (QED) is 0.577. The summed E-state index contributed by atoms with van der Waals surface area (Å²) < 4.78 is 1.84. The van der Waals surface area contributed by atoms with Crippen molar-refractivity contribution in [3.05, 3.63) is 53.0 Å². The molecule has 0 bridgehead atoms. The third-order valence-electron chi connectivity index (χ3n) is 5.62. The maximum absolute atomic E-state index is 8.87. The number of aromatic nitrogens is 3. The van der Waals surface area contributed by atoms with Gasteiger partial charge in [-0.05, 0) is 63.7 Å². The Labute approximate surface area is 177 Å². The van der Waals surface area contributed by atoms with Gasteiger partial charge in [0.05, 0.1) is 22.6 Å². The van der Waals surface area contributed by atoms with Gasteiger partial charge in [0, 0.05) is 30.5 Å². The Kier molecular flexibility index (Phi) is 5.30. The van der Waals surface area contributed by atoms with Crippen LogP contribution in [-0.4, -0.2) is 58.1 Å². The number of aliphatic imine (C=N–C) groups is 1. The summed E-state index contributed by atoms with van der Waals surface area (Å²) in [5, 5.41) is 17.0. The lowest BCUT2D eigenvalue weighted by molar-refractivity contribution is 0.425. The molecule has 0 unspecified atom stereocenters. The van der Waals surface area contributed by atoms with E-state index >= 15 is 0 Å². The summed E-state index contributed by atoms with van der Waals surface area (Å²) in [6.07, 6.45) is 4.84. The number of H-pyrrole nitrogens is 1. The molecule has 3 aromatic heterocycles. The summed E-state index contributed by atoms with van der Waals surface area (Å²) in [6, 6.07) is 5.95. The van der Waals surface area contributed by atoms with Crippen molar-refractivity contribution >= 4 is 34.0 Å².